The first-order chi connectivity index (χ1) is 15.4. The first-order valence-corrected chi connectivity index (χ1v) is 11.0. The summed E-state index contributed by atoms with van der Waals surface area (Å²) < 4.78 is 0. The Bertz CT molecular complexity index is 1110. The van der Waals surface area contributed by atoms with E-state index in [9.17, 15) is 19.2 Å². The standard InChI is InChI=1S/C25H21ClN2O4/c1-14(22(29)15-5-3-2-4-6-15)27(23(30)16-9-11-19(26)12-10-16)28-24(31)20-17-7-8-18(13-17)21(20)25(28)32/h2-12,14,17-18,20-21H,13H2,1H3/t14-,17+,18+,20+,21+/m1/s1. The summed E-state index contributed by atoms with van der Waals surface area (Å²) in [5.74, 6) is -2.72. The maximum absolute atomic E-state index is 13.6. The Morgan fingerprint density at radius 2 is 1.47 bits per heavy atom. The molecular weight excluding hydrogens is 428 g/mol. The van der Waals surface area contributed by atoms with E-state index in [1.807, 2.05) is 12.2 Å². The zero-order chi connectivity index (χ0) is 22.6. The quantitative estimate of drug-likeness (QED) is 0.396. The summed E-state index contributed by atoms with van der Waals surface area (Å²) >= 11 is 5.96. The van der Waals surface area contributed by atoms with Crippen LogP contribution in [-0.2, 0) is 9.59 Å². The van der Waals surface area contributed by atoms with Gasteiger partial charge >= 0.3 is 0 Å². The van der Waals surface area contributed by atoms with Gasteiger partial charge in [0.2, 0.25) is 0 Å². The van der Waals surface area contributed by atoms with E-state index in [4.69, 9.17) is 11.6 Å². The number of carbonyl (C=O) groups is 4. The molecule has 0 unspecified atom stereocenters. The SMILES string of the molecule is C[C@H](C(=O)c1ccccc1)N(C(=O)c1ccc(Cl)cc1)N1C(=O)[C@@H]2[C@@H](C1=O)[C@H]1C=C[C@H]2C1. The Kier molecular flexibility index (Phi) is 4.97. The van der Waals surface area contributed by atoms with Gasteiger partial charge in [-0.15, -0.1) is 0 Å². The fourth-order valence-corrected chi connectivity index (χ4v) is 5.34. The van der Waals surface area contributed by atoms with Crippen molar-refractivity contribution in [1.82, 2.24) is 10.0 Å². The highest BCUT2D eigenvalue weighted by Gasteiger charge is 2.61. The number of imide groups is 1. The van der Waals surface area contributed by atoms with E-state index in [0.29, 0.717) is 10.6 Å². The van der Waals surface area contributed by atoms with Crippen LogP contribution < -0.4 is 0 Å². The van der Waals surface area contributed by atoms with Crippen LogP contribution in [0.15, 0.2) is 66.7 Å². The summed E-state index contributed by atoms with van der Waals surface area (Å²) in [7, 11) is 0. The minimum absolute atomic E-state index is 0.000866. The molecule has 5 atom stereocenters. The van der Waals surface area contributed by atoms with E-state index in [0.717, 1.165) is 16.4 Å². The summed E-state index contributed by atoms with van der Waals surface area (Å²) in [4.78, 5) is 53.7. The minimum atomic E-state index is -1.06. The first kappa shape index (κ1) is 20.6. The van der Waals surface area contributed by atoms with Crippen molar-refractivity contribution < 1.29 is 19.2 Å². The Balaban J connectivity index is 1.55. The van der Waals surface area contributed by atoms with Gasteiger partial charge in [-0.3, -0.25) is 19.2 Å². The van der Waals surface area contributed by atoms with Crippen molar-refractivity contribution in [3.05, 3.63) is 82.9 Å². The van der Waals surface area contributed by atoms with E-state index >= 15 is 0 Å². The first-order valence-electron chi connectivity index (χ1n) is 10.6. The van der Waals surface area contributed by atoms with Crippen LogP contribution in [-0.4, -0.2) is 39.6 Å². The number of hydrogen-bond acceptors (Lipinski definition) is 4. The molecule has 2 aliphatic carbocycles. The van der Waals surface area contributed by atoms with Gasteiger partial charge in [0.05, 0.1) is 11.8 Å². The second kappa shape index (κ2) is 7.71. The molecule has 3 amide bonds. The second-order valence-electron chi connectivity index (χ2n) is 8.55. The van der Waals surface area contributed by atoms with Gasteiger partial charge in [0.15, 0.2) is 5.78 Å². The number of amides is 3. The van der Waals surface area contributed by atoms with Crippen molar-refractivity contribution in [2.24, 2.45) is 23.7 Å². The van der Waals surface area contributed by atoms with E-state index in [2.05, 4.69) is 0 Å². The summed E-state index contributed by atoms with van der Waals surface area (Å²) in [6, 6.07) is 13.6. The molecule has 0 aromatic heterocycles. The maximum Gasteiger partial charge on any atom is 0.273 e. The Labute approximate surface area is 190 Å². The number of hydrazine groups is 1. The third kappa shape index (κ3) is 3.09. The van der Waals surface area contributed by atoms with Crippen molar-refractivity contribution in [1.29, 1.82) is 0 Å². The molecule has 5 rings (SSSR count). The molecule has 1 heterocycles. The molecule has 32 heavy (non-hydrogen) atoms. The second-order valence-corrected chi connectivity index (χ2v) is 8.99. The van der Waals surface area contributed by atoms with Gasteiger partial charge in [-0.05, 0) is 49.4 Å². The van der Waals surface area contributed by atoms with Gasteiger partial charge in [-0.2, -0.15) is 5.01 Å². The highest BCUT2D eigenvalue weighted by Crippen LogP contribution is 2.53. The van der Waals surface area contributed by atoms with Gasteiger partial charge in [-0.1, -0.05) is 54.1 Å². The number of halogens is 1. The zero-order valence-electron chi connectivity index (χ0n) is 17.4. The summed E-state index contributed by atoms with van der Waals surface area (Å²) in [6.07, 6.45) is 4.76. The number of Topliss-reactive ketones (excluding diaryl/α,β-unsaturated/α-hetero) is 1. The van der Waals surface area contributed by atoms with Crippen LogP contribution in [0.4, 0.5) is 0 Å². The Morgan fingerprint density at radius 3 is 2.03 bits per heavy atom. The number of ketones is 1. The fourth-order valence-electron chi connectivity index (χ4n) is 5.22. The Hall–Kier alpha value is -3.25. The molecule has 0 N–H and O–H groups in total. The summed E-state index contributed by atoms with van der Waals surface area (Å²) in [6.45, 7) is 1.55. The topological polar surface area (TPSA) is 74.8 Å². The number of rotatable bonds is 5. The lowest BCUT2D eigenvalue weighted by molar-refractivity contribution is -0.157. The number of allylic oxidation sites excluding steroid dienone is 2. The molecule has 7 heteroatoms. The zero-order valence-corrected chi connectivity index (χ0v) is 18.1. The van der Waals surface area contributed by atoms with Gasteiger partial charge in [0.25, 0.3) is 17.7 Å². The molecule has 6 nitrogen and oxygen atoms in total. The van der Waals surface area contributed by atoms with Gasteiger partial charge in [-0.25, -0.2) is 5.01 Å². The highest BCUT2D eigenvalue weighted by molar-refractivity contribution is 6.30. The number of carbonyl (C=O) groups excluding carboxylic acids is 4. The molecule has 2 aromatic carbocycles. The van der Waals surface area contributed by atoms with Crippen LogP contribution in [0.5, 0.6) is 0 Å². The van der Waals surface area contributed by atoms with Crippen molar-refractivity contribution in [2.75, 3.05) is 0 Å². The van der Waals surface area contributed by atoms with Gasteiger partial charge in [0.1, 0.15) is 6.04 Å². The van der Waals surface area contributed by atoms with E-state index < -0.39 is 35.6 Å². The molecule has 1 aliphatic heterocycles. The van der Waals surface area contributed by atoms with Crippen LogP contribution in [0, 0.1) is 23.7 Å². The van der Waals surface area contributed by atoms with Crippen LogP contribution in [0.1, 0.15) is 34.1 Å². The average molecular weight is 449 g/mol. The predicted octanol–water partition coefficient (Wildman–Crippen LogP) is 3.78. The lowest BCUT2D eigenvalue weighted by Gasteiger charge is -2.35. The number of nitrogens with zero attached hydrogens (tertiary/aromatic N) is 2. The Morgan fingerprint density at radius 1 is 0.906 bits per heavy atom. The monoisotopic (exact) mass is 448 g/mol. The normalized spacial score (nSPS) is 26.4. The van der Waals surface area contributed by atoms with Crippen LogP contribution in [0.2, 0.25) is 5.02 Å². The molecule has 2 aromatic rings. The number of hydrogen-bond donors (Lipinski definition) is 0. The third-order valence-electron chi connectivity index (χ3n) is 6.77. The van der Waals surface area contributed by atoms with Gasteiger partial charge in [0, 0.05) is 16.1 Å². The van der Waals surface area contributed by atoms with E-state index in [-0.39, 0.29) is 23.2 Å². The number of fused-ring (bicyclic) bond motifs is 5. The van der Waals surface area contributed by atoms with Gasteiger partial charge < -0.3 is 0 Å². The van der Waals surface area contributed by atoms with Crippen molar-refractivity contribution in [3.8, 4) is 0 Å². The van der Waals surface area contributed by atoms with Crippen molar-refractivity contribution in [2.45, 2.75) is 19.4 Å². The predicted molar refractivity (Wildman–Crippen MR) is 117 cm³/mol. The molecule has 2 bridgehead atoms. The molecule has 2 fully saturated rings. The number of benzene rings is 2. The smallest absolute Gasteiger partial charge is 0.273 e. The summed E-state index contributed by atoms with van der Waals surface area (Å²) in [5, 5.41) is 2.43. The fraction of sp³-hybridized carbons (Fsp3) is 0.280. The van der Waals surface area contributed by atoms with Crippen LogP contribution in [0.25, 0.3) is 0 Å². The van der Waals surface area contributed by atoms with E-state index in [1.54, 1.807) is 49.4 Å². The van der Waals surface area contributed by atoms with Crippen molar-refractivity contribution in [3.63, 3.8) is 0 Å². The maximum atomic E-state index is 13.6. The van der Waals surface area contributed by atoms with E-state index in [1.165, 1.54) is 12.1 Å². The van der Waals surface area contributed by atoms with Crippen LogP contribution in [0.3, 0.4) is 0 Å². The molecule has 3 aliphatic rings. The van der Waals surface area contributed by atoms with Crippen molar-refractivity contribution >= 4 is 35.1 Å². The lowest BCUT2D eigenvalue weighted by Crippen LogP contribution is -2.56. The lowest BCUT2D eigenvalue weighted by atomic mass is 9.85. The summed E-state index contributed by atoms with van der Waals surface area (Å²) in [5.41, 5.74) is 0.635. The molecular formula is C25H21ClN2O4. The minimum Gasteiger partial charge on any atom is -0.292 e. The van der Waals surface area contributed by atoms with Crippen LogP contribution >= 0.6 is 11.6 Å². The molecule has 0 radical (unpaired) electrons. The molecule has 1 saturated carbocycles. The highest BCUT2D eigenvalue weighted by atomic mass is 35.5. The molecule has 1 saturated heterocycles. The largest absolute Gasteiger partial charge is 0.292 e. The molecule has 0 spiro atoms. The third-order valence-corrected chi connectivity index (χ3v) is 7.02. The molecule has 162 valence electrons. The average Bonchev–Trinajstić information content (AvgIpc) is 3.49.